The van der Waals surface area contributed by atoms with Gasteiger partial charge in [-0.15, -0.1) is 0 Å². The number of nitriles is 1. The summed E-state index contributed by atoms with van der Waals surface area (Å²) in [6.07, 6.45) is 2.12. The topological polar surface area (TPSA) is 36.3 Å². The Hall–Kier alpha value is -1.08. The summed E-state index contributed by atoms with van der Waals surface area (Å²) in [5.41, 5.74) is 1.68. The van der Waals surface area contributed by atoms with Gasteiger partial charge in [0.2, 0.25) is 0 Å². The van der Waals surface area contributed by atoms with Crippen LogP contribution < -0.4 is 0 Å². The summed E-state index contributed by atoms with van der Waals surface area (Å²) in [6.45, 7) is 8.99. The lowest BCUT2D eigenvalue weighted by Crippen LogP contribution is -2.48. The number of rotatable bonds is 1. The summed E-state index contributed by atoms with van der Waals surface area (Å²) < 4.78 is 0. The van der Waals surface area contributed by atoms with E-state index in [9.17, 15) is 5.26 Å². The number of hydroxylamine groups is 2. The highest BCUT2D eigenvalue weighted by Crippen LogP contribution is 2.53. The lowest BCUT2D eigenvalue weighted by atomic mass is 9.59. The van der Waals surface area contributed by atoms with Crippen LogP contribution in [0.5, 0.6) is 0 Å². The maximum atomic E-state index is 9.25. The summed E-state index contributed by atoms with van der Waals surface area (Å²) >= 11 is 6.25. The Morgan fingerprint density at radius 1 is 1.26 bits per heavy atom. The van der Waals surface area contributed by atoms with Crippen LogP contribution in [0, 0.1) is 23.2 Å². The van der Waals surface area contributed by atoms with Gasteiger partial charge in [-0.25, -0.2) is 0 Å². The summed E-state index contributed by atoms with van der Waals surface area (Å²) in [4.78, 5) is 6.12. The molecule has 3 nitrogen and oxygen atoms in total. The molecule has 1 saturated carbocycles. The highest BCUT2D eigenvalue weighted by Gasteiger charge is 2.55. The van der Waals surface area contributed by atoms with Crippen LogP contribution in [0.3, 0.4) is 0 Å². The first-order valence-electron chi connectivity index (χ1n) is 8.29. The maximum absolute atomic E-state index is 9.25. The molecule has 1 heterocycles. The van der Waals surface area contributed by atoms with Gasteiger partial charge in [0.05, 0.1) is 17.2 Å². The minimum absolute atomic E-state index is 0.0168. The van der Waals surface area contributed by atoms with Crippen molar-refractivity contribution in [2.45, 2.75) is 57.6 Å². The van der Waals surface area contributed by atoms with E-state index in [0.29, 0.717) is 28.5 Å². The zero-order valence-corrected chi connectivity index (χ0v) is 15.3. The molecule has 23 heavy (non-hydrogen) atoms. The van der Waals surface area contributed by atoms with Crippen LogP contribution in [-0.4, -0.2) is 23.8 Å². The van der Waals surface area contributed by atoms with Gasteiger partial charge in [-0.1, -0.05) is 25.4 Å². The molecule has 1 aliphatic heterocycles. The van der Waals surface area contributed by atoms with Crippen molar-refractivity contribution in [3.63, 3.8) is 0 Å². The molecule has 1 aliphatic carbocycles. The SMILES string of the molecule is CC1CC(C)(c2cc(Cl)cc(C#N)c2)CC2C1N(C)OC2(C)C. The Kier molecular flexibility index (Phi) is 3.99. The Labute approximate surface area is 144 Å². The standard InChI is InChI=1S/C19H25ClN2O/c1-12-9-19(4,14-6-13(11-21)7-15(20)8-14)10-16-17(12)22(5)23-18(16,2)3/h6-8,12,16-17H,9-10H2,1-5H3. The number of halogens is 1. The zero-order chi connectivity index (χ0) is 17.0. The minimum Gasteiger partial charge on any atom is -0.293 e. The fourth-order valence-electron chi connectivity index (χ4n) is 4.92. The Morgan fingerprint density at radius 3 is 2.61 bits per heavy atom. The van der Waals surface area contributed by atoms with Gasteiger partial charge in [-0.3, -0.25) is 4.84 Å². The summed E-state index contributed by atoms with van der Waals surface area (Å²) in [7, 11) is 2.05. The monoisotopic (exact) mass is 332 g/mol. The molecule has 2 fully saturated rings. The Balaban J connectivity index is 2.01. The third kappa shape index (κ3) is 2.78. The number of hydrogen-bond acceptors (Lipinski definition) is 3. The number of nitrogens with zero attached hydrogens (tertiary/aromatic N) is 2. The Bertz CT molecular complexity index is 666. The van der Waals surface area contributed by atoms with Crippen molar-refractivity contribution in [2.24, 2.45) is 11.8 Å². The van der Waals surface area contributed by atoms with Crippen molar-refractivity contribution < 1.29 is 4.84 Å². The highest BCUT2D eigenvalue weighted by molar-refractivity contribution is 6.30. The molecule has 1 aromatic carbocycles. The van der Waals surface area contributed by atoms with Crippen molar-refractivity contribution in [1.82, 2.24) is 5.06 Å². The first-order valence-corrected chi connectivity index (χ1v) is 8.67. The third-order valence-electron chi connectivity index (χ3n) is 5.85. The van der Waals surface area contributed by atoms with Crippen LogP contribution in [0.4, 0.5) is 0 Å². The molecule has 0 bridgehead atoms. The number of fused-ring (bicyclic) bond motifs is 1. The molecule has 4 atom stereocenters. The van der Waals surface area contributed by atoms with Crippen LogP contribution in [0.15, 0.2) is 18.2 Å². The molecular weight excluding hydrogens is 308 g/mol. The van der Waals surface area contributed by atoms with Crippen LogP contribution in [0.2, 0.25) is 5.02 Å². The van der Waals surface area contributed by atoms with E-state index in [2.05, 4.69) is 45.9 Å². The van der Waals surface area contributed by atoms with Gasteiger partial charge in [-0.2, -0.15) is 10.3 Å². The van der Waals surface area contributed by atoms with Gasteiger partial charge in [0, 0.05) is 24.0 Å². The first-order chi connectivity index (χ1) is 10.7. The van der Waals surface area contributed by atoms with Gasteiger partial charge in [0.15, 0.2) is 0 Å². The van der Waals surface area contributed by atoms with Crippen molar-refractivity contribution in [2.75, 3.05) is 7.05 Å². The quantitative estimate of drug-likeness (QED) is 0.757. The average Bonchev–Trinajstić information content (AvgIpc) is 2.67. The van der Waals surface area contributed by atoms with E-state index in [1.165, 1.54) is 5.56 Å². The molecule has 124 valence electrons. The van der Waals surface area contributed by atoms with Gasteiger partial charge in [-0.05, 0) is 61.8 Å². The molecule has 2 aliphatic rings. The molecule has 0 amide bonds. The van der Waals surface area contributed by atoms with E-state index >= 15 is 0 Å². The van der Waals surface area contributed by atoms with Crippen LogP contribution in [0.25, 0.3) is 0 Å². The molecule has 1 saturated heterocycles. The predicted molar refractivity (Wildman–Crippen MR) is 92.1 cm³/mol. The molecular formula is C19H25ClN2O. The lowest BCUT2D eigenvalue weighted by Gasteiger charge is -2.46. The molecule has 0 radical (unpaired) electrons. The smallest absolute Gasteiger partial charge is 0.0992 e. The molecule has 4 heteroatoms. The molecule has 0 aromatic heterocycles. The second-order valence-electron chi connectivity index (χ2n) is 8.12. The largest absolute Gasteiger partial charge is 0.293 e. The van der Waals surface area contributed by atoms with Crippen molar-refractivity contribution in [1.29, 1.82) is 5.26 Å². The normalized spacial score (nSPS) is 36.5. The fourth-order valence-corrected chi connectivity index (χ4v) is 5.16. The predicted octanol–water partition coefficient (Wildman–Crippen LogP) is 4.54. The van der Waals surface area contributed by atoms with Gasteiger partial charge in [0.25, 0.3) is 0 Å². The second-order valence-corrected chi connectivity index (χ2v) is 8.56. The molecule has 0 N–H and O–H groups in total. The summed E-state index contributed by atoms with van der Waals surface area (Å²) in [5, 5.41) is 12.0. The summed E-state index contributed by atoms with van der Waals surface area (Å²) in [5.74, 6) is 0.987. The van der Waals surface area contributed by atoms with Crippen LogP contribution in [-0.2, 0) is 10.3 Å². The fraction of sp³-hybridized carbons (Fsp3) is 0.632. The summed E-state index contributed by atoms with van der Waals surface area (Å²) in [6, 6.07) is 8.45. The van der Waals surface area contributed by atoms with Crippen molar-refractivity contribution in [3.8, 4) is 6.07 Å². The van der Waals surface area contributed by atoms with E-state index < -0.39 is 0 Å². The van der Waals surface area contributed by atoms with Crippen molar-refractivity contribution in [3.05, 3.63) is 34.3 Å². The first kappa shape index (κ1) is 16.8. The van der Waals surface area contributed by atoms with Crippen LogP contribution in [0.1, 0.15) is 51.7 Å². The van der Waals surface area contributed by atoms with Crippen LogP contribution >= 0.6 is 11.6 Å². The van der Waals surface area contributed by atoms with Gasteiger partial charge in [0.1, 0.15) is 0 Å². The Morgan fingerprint density at radius 2 is 1.96 bits per heavy atom. The second kappa shape index (κ2) is 5.48. The molecule has 1 aromatic rings. The molecule has 0 spiro atoms. The van der Waals surface area contributed by atoms with E-state index in [0.717, 1.165) is 12.8 Å². The van der Waals surface area contributed by atoms with E-state index in [1.54, 1.807) is 6.07 Å². The number of hydrogen-bond donors (Lipinski definition) is 0. The average molecular weight is 333 g/mol. The van der Waals surface area contributed by atoms with E-state index in [-0.39, 0.29) is 11.0 Å². The zero-order valence-electron chi connectivity index (χ0n) is 14.6. The third-order valence-corrected chi connectivity index (χ3v) is 6.07. The van der Waals surface area contributed by atoms with Gasteiger partial charge < -0.3 is 0 Å². The van der Waals surface area contributed by atoms with Gasteiger partial charge >= 0.3 is 0 Å². The molecule has 3 rings (SSSR count). The molecule has 4 unspecified atom stereocenters. The highest BCUT2D eigenvalue weighted by atomic mass is 35.5. The number of benzene rings is 1. The van der Waals surface area contributed by atoms with E-state index in [1.807, 2.05) is 12.1 Å². The van der Waals surface area contributed by atoms with E-state index in [4.69, 9.17) is 16.4 Å². The minimum atomic E-state index is -0.161. The lowest BCUT2D eigenvalue weighted by molar-refractivity contribution is -0.182. The maximum Gasteiger partial charge on any atom is 0.0992 e. The van der Waals surface area contributed by atoms with Crippen molar-refractivity contribution >= 4 is 11.6 Å².